The number of unbranched alkanes of at least 4 members (excludes halogenated alkanes) is 17. The Bertz CT molecular complexity index is 563. The molecule has 1 amide bonds. The molecule has 5 nitrogen and oxygen atoms in total. The van der Waals surface area contributed by atoms with Crippen molar-refractivity contribution in [3.05, 3.63) is 24.3 Å². The van der Waals surface area contributed by atoms with Gasteiger partial charge in [-0.3, -0.25) is 4.79 Å². The summed E-state index contributed by atoms with van der Waals surface area (Å²) in [6.07, 6.45) is 31.5. The average Bonchev–Trinajstić information content (AvgIpc) is 2.90. The Balaban J connectivity index is 3.85. The number of rotatable bonds is 28. The highest BCUT2D eigenvalue weighted by Crippen LogP contribution is 2.12. The van der Waals surface area contributed by atoms with E-state index in [4.69, 9.17) is 0 Å². The summed E-state index contributed by atoms with van der Waals surface area (Å²) in [7, 11) is 0. The molecule has 0 radical (unpaired) electrons. The zero-order chi connectivity index (χ0) is 28.1. The minimum Gasteiger partial charge on any atom is -0.394 e. The maximum atomic E-state index is 12.3. The van der Waals surface area contributed by atoms with Crippen molar-refractivity contribution >= 4 is 5.91 Å². The number of hydrogen-bond donors (Lipinski definition) is 4. The summed E-state index contributed by atoms with van der Waals surface area (Å²) < 4.78 is 0. The molecule has 3 unspecified atom stereocenters. The normalized spacial score (nSPS) is 14.3. The molecule has 0 aliphatic carbocycles. The van der Waals surface area contributed by atoms with Crippen LogP contribution in [0.2, 0.25) is 0 Å². The Hall–Kier alpha value is -1.17. The van der Waals surface area contributed by atoms with Crippen LogP contribution < -0.4 is 5.32 Å². The Morgan fingerprint density at radius 1 is 0.658 bits per heavy atom. The molecule has 0 aromatic rings. The van der Waals surface area contributed by atoms with Gasteiger partial charge < -0.3 is 20.6 Å². The maximum Gasteiger partial charge on any atom is 0.222 e. The van der Waals surface area contributed by atoms with Gasteiger partial charge >= 0.3 is 0 Å². The van der Waals surface area contributed by atoms with E-state index in [9.17, 15) is 20.1 Å². The molecule has 0 aromatic carbocycles. The highest BCUT2D eigenvalue weighted by atomic mass is 16.3. The first-order chi connectivity index (χ1) is 18.5. The van der Waals surface area contributed by atoms with Crippen LogP contribution in [0, 0.1) is 0 Å². The van der Waals surface area contributed by atoms with Crippen LogP contribution in [0.5, 0.6) is 0 Å². The first-order valence-corrected chi connectivity index (χ1v) is 16.1. The van der Waals surface area contributed by atoms with Gasteiger partial charge in [0, 0.05) is 0 Å². The molecular formula is C33H63NO4. The Labute approximate surface area is 235 Å². The van der Waals surface area contributed by atoms with E-state index in [1.54, 1.807) is 6.08 Å². The Morgan fingerprint density at radius 3 is 1.61 bits per heavy atom. The van der Waals surface area contributed by atoms with Crippen LogP contribution in [-0.2, 0) is 4.79 Å². The second kappa shape index (κ2) is 28.8. The molecule has 0 spiro atoms. The van der Waals surface area contributed by atoms with E-state index in [1.807, 2.05) is 6.08 Å². The van der Waals surface area contributed by atoms with Crippen LogP contribution in [0.1, 0.15) is 155 Å². The van der Waals surface area contributed by atoms with Crippen LogP contribution in [0.3, 0.4) is 0 Å². The van der Waals surface area contributed by atoms with Gasteiger partial charge in [0.1, 0.15) is 0 Å². The predicted octanol–water partition coefficient (Wildman–Crippen LogP) is 7.92. The number of aliphatic hydroxyl groups is 3. The summed E-state index contributed by atoms with van der Waals surface area (Å²) in [5.41, 5.74) is 0. The maximum absolute atomic E-state index is 12.3. The number of allylic oxidation sites excluding steroid dienone is 3. The van der Waals surface area contributed by atoms with Gasteiger partial charge in [0.15, 0.2) is 0 Å². The summed E-state index contributed by atoms with van der Waals surface area (Å²) in [5.74, 6) is -0.336. The van der Waals surface area contributed by atoms with Gasteiger partial charge in [0.25, 0.3) is 0 Å². The lowest BCUT2D eigenvalue weighted by Gasteiger charge is -2.20. The van der Waals surface area contributed by atoms with E-state index in [0.29, 0.717) is 6.42 Å². The minimum absolute atomic E-state index is 0.00693. The summed E-state index contributed by atoms with van der Waals surface area (Å²) in [4.78, 5) is 12.3. The van der Waals surface area contributed by atoms with Gasteiger partial charge in [-0.1, -0.05) is 128 Å². The molecule has 0 fully saturated rings. The van der Waals surface area contributed by atoms with Crippen LogP contribution in [0.4, 0.5) is 0 Å². The highest BCUT2D eigenvalue weighted by molar-refractivity contribution is 5.76. The van der Waals surface area contributed by atoms with E-state index in [0.717, 1.165) is 32.1 Å². The predicted molar refractivity (Wildman–Crippen MR) is 162 cm³/mol. The molecule has 3 atom stereocenters. The fourth-order valence-electron chi connectivity index (χ4n) is 4.69. The Morgan fingerprint density at radius 2 is 1.11 bits per heavy atom. The van der Waals surface area contributed by atoms with Crippen molar-refractivity contribution in [1.29, 1.82) is 0 Å². The fraction of sp³-hybridized carbons (Fsp3) is 0.848. The molecule has 5 heteroatoms. The molecule has 0 aromatic heterocycles. The van der Waals surface area contributed by atoms with Gasteiger partial charge in [-0.15, -0.1) is 0 Å². The lowest BCUT2D eigenvalue weighted by Crippen LogP contribution is -2.45. The van der Waals surface area contributed by atoms with Gasteiger partial charge in [-0.05, 0) is 44.9 Å². The van der Waals surface area contributed by atoms with Gasteiger partial charge in [-0.25, -0.2) is 0 Å². The summed E-state index contributed by atoms with van der Waals surface area (Å²) in [6.45, 7) is 4.15. The first-order valence-electron chi connectivity index (χ1n) is 16.1. The van der Waals surface area contributed by atoms with E-state index in [2.05, 4.69) is 31.3 Å². The molecule has 0 aliphatic heterocycles. The number of amides is 1. The van der Waals surface area contributed by atoms with Crippen molar-refractivity contribution in [1.82, 2.24) is 5.32 Å². The topological polar surface area (TPSA) is 89.8 Å². The molecule has 0 rings (SSSR count). The van der Waals surface area contributed by atoms with E-state index in [1.165, 1.54) is 96.3 Å². The van der Waals surface area contributed by atoms with Crippen molar-refractivity contribution in [2.75, 3.05) is 6.61 Å². The van der Waals surface area contributed by atoms with Crippen LogP contribution in [0.25, 0.3) is 0 Å². The van der Waals surface area contributed by atoms with Crippen LogP contribution in [0.15, 0.2) is 24.3 Å². The molecule has 0 heterocycles. The summed E-state index contributed by atoms with van der Waals surface area (Å²) in [6, 6.07) is -0.747. The monoisotopic (exact) mass is 537 g/mol. The third kappa shape index (κ3) is 25.1. The van der Waals surface area contributed by atoms with Crippen molar-refractivity contribution in [3.63, 3.8) is 0 Å². The van der Waals surface area contributed by atoms with Crippen LogP contribution in [-0.4, -0.2) is 46.1 Å². The zero-order valence-corrected chi connectivity index (χ0v) is 25.1. The van der Waals surface area contributed by atoms with Crippen molar-refractivity contribution in [2.45, 2.75) is 173 Å². The van der Waals surface area contributed by atoms with Gasteiger partial charge in [-0.2, -0.15) is 0 Å². The molecule has 0 saturated carbocycles. The average molecular weight is 538 g/mol. The number of carbonyl (C=O) groups is 1. The zero-order valence-electron chi connectivity index (χ0n) is 25.1. The third-order valence-electron chi connectivity index (χ3n) is 7.23. The van der Waals surface area contributed by atoms with E-state index < -0.39 is 18.2 Å². The quantitative estimate of drug-likeness (QED) is 0.0603. The molecule has 0 aliphatic rings. The lowest BCUT2D eigenvalue weighted by atomic mass is 10.0. The number of carbonyl (C=O) groups excluding carboxylic acids is 1. The van der Waals surface area contributed by atoms with E-state index in [-0.39, 0.29) is 18.9 Å². The minimum atomic E-state index is -0.930. The molecule has 38 heavy (non-hydrogen) atoms. The van der Waals surface area contributed by atoms with Gasteiger partial charge in [0.2, 0.25) is 5.91 Å². The summed E-state index contributed by atoms with van der Waals surface area (Å²) >= 11 is 0. The molecule has 0 saturated heterocycles. The summed E-state index contributed by atoms with van der Waals surface area (Å²) in [5, 5.41) is 32.8. The lowest BCUT2D eigenvalue weighted by molar-refractivity contribution is -0.124. The van der Waals surface area contributed by atoms with Crippen molar-refractivity contribution < 1.29 is 20.1 Å². The molecule has 4 N–H and O–H groups in total. The number of nitrogens with one attached hydrogen (secondary N) is 1. The largest absolute Gasteiger partial charge is 0.394 e. The fourth-order valence-corrected chi connectivity index (χ4v) is 4.69. The second-order valence-corrected chi connectivity index (χ2v) is 11.1. The molecule has 224 valence electrons. The SMILES string of the molecule is CCCCCCCC/C=C\CCCC(O)CC(=O)NC(CO)C(O)/C=C/CCCCCCCCCCCC. The Kier molecular flexibility index (Phi) is 27.9. The standard InChI is InChI=1S/C33H63NO4/c1-3-5-7-9-11-13-15-17-19-21-23-25-27-32(37)31(29-35)34-33(38)28-30(36)26-24-22-20-18-16-14-12-10-8-6-4-2/h18,20,25,27,30-32,35-37H,3-17,19,21-24,26,28-29H2,1-2H3,(H,34,38)/b20-18-,27-25+. The van der Waals surface area contributed by atoms with Crippen molar-refractivity contribution in [2.24, 2.45) is 0 Å². The van der Waals surface area contributed by atoms with Crippen LogP contribution >= 0.6 is 0 Å². The highest BCUT2D eigenvalue weighted by Gasteiger charge is 2.19. The first kappa shape index (κ1) is 36.8. The third-order valence-corrected chi connectivity index (χ3v) is 7.23. The van der Waals surface area contributed by atoms with Crippen molar-refractivity contribution in [3.8, 4) is 0 Å². The molecule has 0 bridgehead atoms. The molecular weight excluding hydrogens is 474 g/mol. The number of hydrogen-bond acceptors (Lipinski definition) is 4. The second-order valence-electron chi connectivity index (χ2n) is 11.1. The number of aliphatic hydroxyl groups excluding tert-OH is 3. The van der Waals surface area contributed by atoms with E-state index >= 15 is 0 Å². The van der Waals surface area contributed by atoms with Gasteiger partial charge in [0.05, 0.1) is 31.3 Å². The smallest absolute Gasteiger partial charge is 0.222 e.